The van der Waals surface area contributed by atoms with Crippen molar-refractivity contribution < 1.29 is 23.7 Å². The molecule has 3 aromatic carbocycles. The average molecular weight is 583 g/mol. The van der Waals surface area contributed by atoms with E-state index in [9.17, 15) is 9.59 Å². The number of hydrogen-bond acceptors (Lipinski definition) is 8. The summed E-state index contributed by atoms with van der Waals surface area (Å²) in [6, 6.07) is 21.4. The van der Waals surface area contributed by atoms with Gasteiger partial charge in [0.2, 0.25) is 0 Å². The summed E-state index contributed by atoms with van der Waals surface area (Å²) < 4.78 is 24.3. The van der Waals surface area contributed by atoms with Crippen LogP contribution in [0, 0.1) is 0 Å². The van der Waals surface area contributed by atoms with Crippen LogP contribution < -0.4 is 29.1 Å². The molecule has 214 valence electrons. The highest BCUT2D eigenvalue weighted by Gasteiger charge is 2.35. The highest BCUT2D eigenvalue weighted by atomic mass is 32.1. The Labute approximate surface area is 247 Å². The van der Waals surface area contributed by atoms with E-state index in [1.54, 1.807) is 56.1 Å². The summed E-state index contributed by atoms with van der Waals surface area (Å²) in [5.74, 6) is 1.14. The summed E-state index contributed by atoms with van der Waals surface area (Å²) in [6.45, 7) is 5.92. The minimum absolute atomic E-state index is 0.174. The first-order chi connectivity index (χ1) is 20.5. The molecule has 0 fully saturated rings. The number of ether oxygens (including phenoxy) is 4. The molecule has 5 rings (SSSR count). The number of hydrogen-bond donors (Lipinski definition) is 0. The molecule has 1 atom stereocenters. The Kier molecular flexibility index (Phi) is 8.68. The maximum Gasteiger partial charge on any atom is 0.338 e. The molecule has 0 aliphatic carbocycles. The highest BCUT2D eigenvalue weighted by Crippen LogP contribution is 2.36. The second kappa shape index (κ2) is 12.7. The molecule has 0 unspecified atom stereocenters. The normalized spacial score (nSPS) is 14.5. The molecule has 2 heterocycles. The second-order valence-electron chi connectivity index (χ2n) is 9.18. The lowest BCUT2D eigenvalue weighted by atomic mass is 9.93. The van der Waals surface area contributed by atoms with Gasteiger partial charge in [0.25, 0.3) is 5.56 Å². The second-order valence-corrected chi connectivity index (χ2v) is 10.2. The number of aromatic nitrogens is 1. The molecule has 9 heteroatoms. The van der Waals surface area contributed by atoms with Crippen LogP contribution in [0.15, 0.2) is 101 Å². The van der Waals surface area contributed by atoms with Crippen LogP contribution in [0.5, 0.6) is 17.2 Å². The molecular weight excluding hydrogens is 552 g/mol. The van der Waals surface area contributed by atoms with Crippen molar-refractivity contribution in [2.24, 2.45) is 4.99 Å². The molecule has 0 bridgehead atoms. The van der Waals surface area contributed by atoms with E-state index in [4.69, 9.17) is 23.9 Å². The number of carbonyl (C=O) groups excluding carboxylic acids is 1. The largest absolute Gasteiger partial charge is 0.497 e. The van der Waals surface area contributed by atoms with Gasteiger partial charge in [0.15, 0.2) is 16.3 Å². The molecule has 1 aromatic heterocycles. The van der Waals surface area contributed by atoms with Gasteiger partial charge in [-0.25, -0.2) is 9.79 Å². The van der Waals surface area contributed by atoms with Crippen molar-refractivity contribution in [3.8, 4) is 17.2 Å². The Hall–Kier alpha value is -4.89. The van der Waals surface area contributed by atoms with Crippen LogP contribution in [-0.4, -0.2) is 38.0 Å². The minimum atomic E-state index is -0.787. The Balaban J connectivity index is 1.80. The smallest absolute Gasteiger partial charge is 0.338 e. The number of fused-ring (bicyclic) bond motifs is 1. The lowest BCUT2D eigenvalue weighted by molar-refractivity contribution is -0.138. The summed E-state index contributed by atoms with van der Waals surface area (Å²) in [4.78, 5) is 33.1. The molecule has 0 radical (unpaired) electrons. The predicted molar refractivity (Wildman–Crippen MR) is 163 cm³/mol. The zero-order valence-electron chi connectivity index (χ0n) is 23.5. The van der Waals surface area contributed by atoms with Crippen molar-refractivity contribution >= 4 is 29.1 Å². The van der Waals surface area contributed by atoms with Crippen LogP contribution in [0.25, 0.3) is 11.8 Å². The number of nitrogens with zero attached hydrogens (tertiary/aromatic N) is 2. The lowest BCUT2D eigenvalue weighted by Crippen LogP contribution is -2.40. The Bertz CT molecular complexity index is 1820. The van der Waals surface area contributed by atoms with Gasteiger partial charge < -0.3 is 18.9 Å². The highest BCUT2D eigenvalue weighted by molar-refractivity contribution is 7.07. The van der Waals surface area contributed by atoms with Gasteiger partial charge in [-0.3, -0.25) is 9.36 Å². The standard InChI is InChI=1S/C33H30N2O6S/c1-5-19-41-30-23(13-10-14-25(30)39-4)20-26-31(36)35-29(22-15-17-24(38-3)18-16-22)27(32(37)40-6-2)28(34-33(35)42-26)21-11-8-7-9-12-21/h5,7-18,20,29H,1,6,19H2,2-4H3/b26-20-/t29-/m1/s1. The number of para-hydroxylation sites is 1. The van der Waals surface area contributed by atoms with E-state index in [2.05, 4.69) is 6.58 Å². The average Bonchev–Trinajstić information content (AvgIpc) is 3.34. The third-order valence-corrected chi connectivity index (χ3v) is 7.65. The van der Waals surface area contributed by atoms with Crippen LogP contribution in [0.3, 0.4) is 0 Å². The SMILES string of the molecule is C=CCOc1c(/C=c2\sc3n(c2=O)[C@H](c2ccc(OC)cc2)C(C(=O)OCC)=C(c2ccccc2)N=3)cccc1OC. The molecule has 8 nitrogen and oxygen atoms in total. The van der Waals surface area contributed by atoms with Gasteiger partial charge in [-0.05, 0) is 36.8 Å². The van der Waals surface area contributed by atoms with E-state index in [0.717, 1.165) is 5.56 Å². The van der Waals surface area contributed by atoms with Crippen LogP contribution in [-0.2, 0) is 9.53 Å². The van der Waals surface area contributed by atoms with Crippen molar-refractivity contribution in [1.29, 1.82) is 0 Å². The van der Waals surface area contributed by atoms with E-state index in [-0.39, 0.29) is 24.3 Å². The molecule has 1 aliphatic rings. The summed E-state index contributed by atoms with van der Waals surface area (Å²) in [6.07, 6.45) is 3.40. The monoisotopic (exact) mass is 582 g/mol. The van der Waals surface area contributed by atoms with Crippen molar-refractivity contribution in [2.75, 3.05) is 27.4 Å². The maximum atomic E-state index is 14.2. The van der Waals surface area contributed by atoms with Gasteiger partial charge in [0.1, 0.15) is 12.4 Å². The van der Waals surface area contributed by atoms with Crippen LogP contribution in [0.4, 0.5) is 0 Å². The zero-order valence-corrected chi connectivity index (χ0v) is 24.4. The van der Waals surface area contributed by atoms with Crippen molar-refractivity contribution in [3.63, 3.8) is 0 Å². The van der Waals surface area contributed by atoms with Gasteiger partial charge >= 0.3 is 5.97 Å². The van der Waals surface area contributed by atoms with E-state index in [0.29, 0.717) is 43.4 Å². The Morgan fingerprint density at radius 1 is 1.02 bits per heavy atom. The molecule has 42 heavy (non-hydrogen) atoms. The lowest BCUT2D eigenvalue weighted by Gasteiger charge is -2.26. The van der Waals surface area contributed by atoms with Gasteiger partial charge in [0, 0.05) is 11.1 Å². The molecular formula is C33H30N2O6S. The first-order valence-electron chi connectivity index (χ1n) is 13.3. The number of rotatable bonds is 10. The van der Waals surface area contributed by atoms with Gasteiger partial charge in [0.05, 0.1) is 42.7 Å². The fraction of sp³-hybridized carbons (Fsp3) is 0.182. The quantitative estimate of drug-likeness (QED) is 0.202. The van der Waals surface area contributed by atoms with E-state index >= 15 is 0 Å². The Morgan fingerprint density at radius 3 is 2.45 bits per heavy atom. The molecule has 0 saturated carbocycles. The van der Waals surface area contributed by atoms with Gasteiger partial charge in [-0.15, -0.1) is 0 Å². The fourth-order valence-corrected chi connectivity index (χ4v) is 5.78. The molecule has 4 aromatic rings. The van der Waals surface area contributed by atoms with Crippen molar-refractivity contribution in [3.05, 3.63) is 127 Å². The van der Waals surface area contributed by atoms with Gasteiger partial charge in [-0.1, -0.05) is 78.6 Å². The number of esters is 1. The molecule has 0 N–H and O–H groups in total. The van der Waals surface area contributed by atoms with Crippen LogP contribution >= 0.6 is 11.3 Å². The molecule has 0 saturated heterocycles. The first-order valence-corrected chi connectivity index (χ1v) is 14.2. The summed E-state index contributed by atoms with van der Waals surface area (Å²) in [5, 5.41) is 0. The van der Waals surface area contributed by atoms with E-state index < -0.39 is 12.0 Å². The third-order valence-electron chi connectivity index (χ3n) is 6.67. The zero-order chi connectivity index (χ0) is 29.6. The topological polar surface area (TPSA) is 88.4 Å². The molecule has 0 amide bonds. The van der Waals surface area contributed by atoms with Crippen LogP contribution in [0.1, 0.15) is 29.7 Å². The number of methoxy groups -OCH3 is 2. The third kappa shape index (κ3) is 5.51. The van der Waals surface area contributed by atoms with Crippen LogP contribution in [0.2, 0.25) is 0 Å². The summed E-state index contributed by atoms with van der Waals surface area (Å²) in [5.41, 5.74) is 2.56. The van der Waals surface area contributed by atoms with Gasteiger partial charge in [-0.2, -0.15) is 0 Å². The van der Waals surface area contributed by atoms with Crippen molar-refractivity contribution in [1.82, 2.24) is 4.57 Å². The first kappa shape index (κ1) is 28.6. The van der Waals surface area contributed by atoms with Crippen molar-refractivity contribution in [2.45, 2.75) is 13.0 Å². The summed E-state index contributed by atoms with van der Waals surface area (Å²) >= 11 is 1.24. The maximum absolute atomic E-state index is 14.2. The van der Waals surface area contributed by atoms with E-state index in [1.807, 2.05) is 54.6 Å². The number of benzene rings is 3. The minimum Gasteiger partial charge on any atom is -0.497 e. The number of thiazole rings is 1. The fourth-order valence-electron chi connectivity index (χ4n) is 4.79. The summed E-state index contributed by atoms with van der Waals surface area (Å²) in [7, 11) is 3.14. The number of carbonyl (C=O) groups is 1. The predicted octanol–water partition coefficient (Wildman–Crippen LogP) is 4.52. The Morgan fingerprint density at radius 2 is 1.79 bits per heavy atom. The molecule has 0 spiro atoms. The van der Waals surface area contributed by atoms with E-state index in [1.165, 1.54) is 11.3 Å². The molecule has 1 aliphatic heterocycles.